The molecule has 2 aromatic rings. The van der Waals surface area contributed by atoms with E-state index in [1.54, 1.807) is 18.5 Å². The normalized spacial score (nSPS) is 9.75. The highest BCUT2D eigenvalue weighted by Gasteiger charge is 2.12. The van der Waals surface area contributed by atoms with Crippen LogP contribution in [0.2, 0.25) is 0 Å². The summed E-state index contributed by atoms with van der Waals surface area (Å²) >= 11 is 1.31. The van der Waals surface area contributed by atoms with E-state index in [9.17, 15) is 4.79 Å². The van der Waals surface area contributed by atoms with Crippen LogP contribution in [0.1, 0.15) is 26.5 Å². The van der Waals surface area contributed by atoms with E-state index >= 15 is 0 Å². The zero-order valence-corrected chi connectivity index (χ0v) is 12.0. The van der Waals surface area contributed by atoms with Gasteiger partial charge in [-0.1, -0.05) is 17.9 Å². The Morgan fingerprint density at radius 1 is 1.45 bits per heavy atom. The molecular formula is C15H14N2O2S. The molecule has 0 spiro atoms. The Kier molecular flexibility index (Phi) is 4.51. The van der Waals surface area contributed by atoms with E-state index in [-0.39, 0.29) is 12.5 Å². The van der Waals surface area contributed by atoms with Crippen molar-refractivity contribution >= 4 is 22.9 Å². The van der Waals surface area contributed by atoms with Gasteiger partial charge in [0.15, 0.2) is 0 Å². The molecule has 4 nitrogen and oxygen atoms in total. The molecule has 0 saturated carbocycles. The van der Waals surface area contributed by atoms with Gasteiger partial charge >= 0.3 is 0 Å². The minimum absolute atomic E-state index is 0.171. The number of hydrogen-bond donors (Lipinski definition) is 2. The third-order valence-corrected chi connectivity index (χ3v) is 3.68. The number of thiazole rings is 1. The molecule has 102 valence electrons. The highest BCUT2D eigenvalue weighted by atomic mass is 32.1. The van der Waals surface area contributed by atoms with Crippen molar-refractivity contribution in [1.82, 2.24) is 4.98 Å². The second-order valence-corrected chi connectivity index (χ2v) is 5.07. The average molecular weight is 286 g/mol. The molecule has 1 aromatic heterocycles. The smallest absolute Gasteiger partial charge is 0.267 e. The summed E-state index contributed by atoms with van der Waals surface area (Å²) in [6.45, 7) is 3.55. The molecule has 0 fully saturated rings. The number of aromatic nitrogens is 1. The Morgan fingerprint density at radius 3 is 2.90 bits per heavy atom. The average Bonchev–Trinajstić information content (AvgIpc) is 2.85. The molecule has 0 saturated heterocycles. The van der Waals surface area contributed by atoms with Crippen LogP contribution in [0.4, 0.5) is 5.69 Å². The Hall–Kier alpha value is -2.16. The summed E-state index contributed by atoms with van der Waals surface area (Å²) in [5.41, 5.74) is 4.84. The number of hydrogen-bond acceptors (Lipinski definition) is 4. The van der Waals surface area contributed by atoms with Crippen molar-refractivity contribution in [3.05, 3.63) is 45.4 Å². The van der Waals surface area contributed by atoms with E-state index in [1.165, 1.54) is 11.3 Å². The molecular weight excluding hydrogens is 272 g/mol. The van der Waals surface area contributed by atoms with Gasteiger partial charge in [-0.25, -0.2) is 4.98 Å². The van der Waals surface area contributed by atoms with E-state index in [2.05, 4.69) is 22.1 Å². The molecule has 0 aliphatic rings. The van der Waals surface area contributed by atoms with E-state index in [4.69, 9.17) is 5.11 Å². The molecule has 0 aliphatic heterocycles. The van der Waals surface area contributed by atoms with Crippen LogP contribution in [-0.2, 0) is 0 Å². The lowest BCUT2D eigenvalue weighted by atomic mass is 10.1. The highest BCUT2D eigenvalue weighted by Crippen LogP contribution is 2.18. The van der Waals surface area contributed by atoms with Gasteiger partial charge in [0, 0.05) is 11.3 Å². The summed E-state index contributed by atoms with van der Waals surface area (Å²) in [5, 5.41) is 11.6. The molecule has 0 unspecified atom stereocenters. The third-order valence-electron chi connectivity index (χ3n) is 2.75. The zero-order chi connectivity index (χ0) is 14.5. The van der Waals surface area contributed by atoms with Crippen LogP contribution in [0.15, 0.2) is 23.7 Å². The number of nitrogens with zero attached hydrogens (tertiary/aromatic N) is 1. The van der Waals surface area contributed by atoms with Gasteiger partial charge in [-0.3, -0.25) is 4.79 Å². The molecule has 0 atom stereocenters. The first-order chi connectivity index (χ1) is 9.61. The first kappa shape index (κ1) is 14.3. The minimum Gasteiger partial charge on any atom is -0.384 e. The third kappa shape index (κ3) is 3.23. The van der Waals surface area contributed by atoms with Gasteiger partial charge in [-0.2, -0.15) is 0 Å². The van der Waals surface area contributed by atoms with Crippen LogP contribution in [0.5, 0.6) is 0 Å². The van der Waals surface area contributed by atoms with Crippen molar-refractivity contribution in [1.29, 1.82) is 0 Å². The molecule has 1 heterocycles. The number of carbonyl (C=O) groups excluding carboxylic acids is 1. The molecule has 0 aliphatic carbocycles. The Morgan fingerprint density at radius 2 is 2.25 bits per heavy atom. The quantitative estimate of drug-likeness (QED) is 0.833. The number of aryl methyl sites for hydroxylation is 2. The molecule has 20 heavy (non-hydrogen) atoms. The van der Waals surface area contributed by atoms with Crippen LogP contribution in [-0.4, -0.2) is 22.6 Å². The second-order valence-electron chi connectivity index (χ2n) is 4.21. The molecule has 1 amide bonds. The van der Waals surface area contributed by atoms with Crippen molar-refractivity contribution in [2.75, 3.05) is 11.9 Å². The zero-order valence-electron chi connectivity index (χ0n) is 11.2. The number of aliphatic hydroxyl groups is 1. The fraction of sp³-hybridized carbons (Fsp3) is 0.200. The lowest BCUT2D eigenvalue weighted by Crippen LogP contribution is -2.11. The predicted octanol–water partition coefficient (Wildman–Crippen LogP) is 2.36. The van der Waals surface area contributed by atoms with E-state index in [1.807, 2.05) is 19.1 Å². The predicted molar refractivity (Wildman–Crippen MR) is 79.9 cm³/mol. The lowest BCUT2D eigenvalue weighted by Gasteiger charge is -2.06. The summed E-state index contributed by atoms with van der Waals surface area (Å²) in [6, 6.07) is 5.51. The van der Waals surface area contributed by atoms with Crippen LogP contribution in [0.3, 0.4) is 0 Å². The maximum atomic E-state index is 12.1. The largest absolute Gasteiger partial charge is 0.384 e. The number of benzene rings is 1. The van der Waals surface area contributed by atoms with Crippen molar-refractivity contribution in [3.8, 4) is 11.8 Å². The fourth-order valence-electron chi connectivity index (χ4n) is 1.68. The monoisotopic (exact) mass is 286 g/mol. The van der Waals surface area contributed by atoms with Gasteiger partial charge < -0.3 is 10.4 Å². The maximum absolute atomic E-state index is 12.1. The second kappa shape index (κ2) is 6.33. The van der Waals surface area contributed by atoms with Gasteiger partial charge in [0.1, 0.15) is 11.5 Å². The van der Waals surface area contributed by atoms with Gasteiger partial charge in [-0.05, 0) is 31.5 Å². The number of carbonyl (C=O) groups is 1. The van der Waals surface area contributed by atoms with Crippen molar-refractivity contribution in [2.45, 2.75) is 13.8 Å². The molecule has 2 rings (SSSR count). The van der Waals surface area contributed by atoms with Crippen molar-refractivity contribution in [3.63, 3.8) is 0 Å². The Labute approximate surface area is 121 Å². The molecule has 5 heteroatoms. The minimum atomic E-state index is -0.184. The molecule has 2 N–H and O–H groups in total. The van der Waals surface area contributed by atoms with Crippen molar-refractivity contribution in [2.24, 2.45) is 0 Å². The maximum Gasteiger partial charge on any atom is 0.267 e. The highest BCUT2D eigenvalue weighted by molar-refractivity contribution is 7.12. The summed E-state index contributed by atoms with van der Waals surface area (Å²) in [6.07, 6.45) is 0. The lowest BCUT2D eigenvalue weighted by molar-refractivity contribution is 0.103. The first-order valence-corrected chi connectivity index (χ1v) is 6.91. The molecule has 0 bridgehead atoms. The SMILES string of the molecule is Cc1ccc(NC(=O)c2scnc2C)cc1C#CCO. The van der Waals surface area contributed by atoms with Crippen LogP contribution in [0, 0.1) is 25.7 Å². The Balaban J connectivity index is 2.22. The number of nitrogens with one attached hydrogen (secondary N) is 1. The summed E-state index contributed by atoms with van der Waals surface area (Å²) in [5.74, 6) is 5.30. The van der Waals surface area contributed by atoms with Gasteiger partial charge in [0.2, 0.25) is 0 Å². The summed E-state index contributed by atoms with van der Waals surface area (Å²) < 4.78 is 0. The number of rotatable bonds is 2. The topological polar surface area (TPSA) is 62.2 Å². The standard InChI is InChI=1S/C15H14N2O2S/c1-10-5-6-13(8-12(10)4-3-7-18)17-15(19)14-11(2)16-9-20-14/h5-6,8-9,18H,7H2,1-2H3,(H,17,19). The van der Waals surface area contributed by atoms with Gasteiger partial charge in [-0.15, -0.1) is 11.3 Å². The number of aliphatic hydroxyl groups excluding tert-OH is 1. The van der Waals surface area contributed by atoms with Crippen LogP contribution in [0.25, 0.3) is 0 Å². The van der Waals surface area contributed by atoms with E-state index < -0.39 is 0 Å². The number of anilines is 1. The van der Waals surface area contributed by atoms with Crippen molar-refractivity contribution < 1.29 is 9.90 Å². The number of amides is 1. The van der Waals surface area contributed by atoms with Gasteiger partial charge in [0.05, 0.1) is 11.2 Å². The summed E-state index contributed by atoms with van der Waals surface area (Å²) in [7, 11) is 0. The molecule has 0 radical (unpaired) electrons. The summed E-state index contributed by atoms with van der Waals surface area (Å²) in [4.78, 5) is 16.8. The first-order valence-electron chi connectivity index (χ1n) is 6.03. The Bertz CT molecular complexity index is 695. The van der Waals surface area contributed by atoms with Gasteiger partial charge in [0.25, 0.3) is 5.91 Å². The van der Waals surface area contributed by atoms with Crippen LogP contribution < -0.4 is 5.32 Å². The van der Waals surface area contributed by atoms with E-state index in [0.29, 0.717) is 10.6 Å². The fourth-order valence-corrected chi connectivity index (χ4v) is 2.37. The van der Waals surface area contributed by atoms with E-state index in [0.717, 1.165) is 16.8 Å². The molecule has 1 aromatic carbocycles. The van der Waals surface area contributed by atoms with Crippen LogP contribution >= 0.6 is 11.3 Å².